The normalized spacial score (nSPS) is 13.7. The monoisotopic (exact) mass is 250 g/mol. The molecule has 0 amide bonds. The highest BCUT2D eigenvalue weighted by atomic mass is 31.2. The first kappa shape index (κ1) is 15.8. The Morgan fingerprint density at radius 2 is 1.69 bits per heavy atom. The Balaban J connectivity index is 4.45. The number of rotatable bonds is 10. The standard InChI is InChI=1S/C11H23O4P/c1-4-7-8-9-11(10-12)16(13,14-5-2)15-6-3/h10-11H,4-9H2,1-3H3. The van der Waals surface area contributed by atoms with E-state index in [4.69, 9.17) is 9.05 Å². The quantitative estimate of drug-likeness (QED) is 0.339. The average molecular weight is 250 g/mol. The van der Waals surface area contributed by atoms with Crippen molar-refractivity contribution in [3.63, 3.8) is 0 Å². The second-order valence-corrected chi connectivity index (χ2v) is 5.83. The van der Waals surface area contributed by atoms with Crippen molar-refractivity contribution in [3.05, 3.63) is 0 Å². The van der Waals surface area contributed by atoms with Crippen LogP contribution in [-0.2, 0) is 18.4 Å². The van der Waals surface area contributed by atoms with Crippen molar-refractivity contribution in [1.29, 1.82) is 0 Å². The van der Waals surface area contributed by atoms with Crippen LogP contribution in [0.3, 0.4) is 0 Å². The predicted octanol–water partition coefficient (Wildman–Crippen LogP) is 3.40. The van der Waals surface area contributed by atoms with Gasteiger partial charge in [0.25, 0.3) is 0 Å². The first-order valence-electron chi connectivity index (χ1n) is 5.98. The van der Waals surface area contributed by atoms with E-state index in [1.165, 1.54) is 0 Å². The number of hydrogen-bond acceptors (Lipinski definition) is 4. The molecule has 0 bridgehead atoms. The Morgan fingerprint density at radius 3 is 2.06 bits per heavy atom. The third kappa shape index (κ3) is 5.24. The summed E-state index contributed by atoms with van der Waals surface area (Å²) in [5.74, 6) is 0. The van der Waals surface area contributed by atoms with E-state index in [0.717, 1.165) is 19.3 Å². The Labute approximate surface area is 98.2 Å². The minimum Gasteiger partial charge on any atom is -0.308 e. The maximum atomic E-state index is 12.3. The average Bonchev–Trinajstić information content (AvgIpc) is 2.25. The summed E-state index contributed by atoms with van der Waals surface area (Å²) in [6.45, 7) is 6.19. The van der Waals surface area contributed by atoms with Crippen LogP contribution in [0.5, 0.6) is 0 Å². The molecule has 0 N–H and O–H groups in total. The summed E-state index contributed by atoms with van der Waals surface area (Å²) in [5, 5.41) is 0. The molecule has 0 saturated carbocycles. The molecule has 1 unspecified atom stereocenters. The molecule has 0 saturated heterocycles. The van der Waals surface area contributed by atoms with E-state index in [2.05, 4.69) is 6.92 Å². The number of carbonyl (C=O) groups excluding carboxylic acids is 1. The van der Waals surface area contributed by atoms with Gasteiger partial charge in [0.1, 0.15) is 11.9 Å². The third-order valence-electron chi connectivity index (χ3n) is 2.28. The summed E-state index contributed by atoms with van der Waals surface area (Å²) in [6.07, 6.45) is 4.27. The fourth-order valence-electron chi connectivity index (χ4n) is 1.49. The Kier molecular flexibility index (Phi) is 8.81. The van der Waals surface area contributed by atoms with Gasteiger partial charge in [-0.3, -0.25) is 4.57 Å². The van der Waals surface area contributed by atoms with E-state index >= 15 is 0 Å². The fraction of sp³-hybridized carbons (Fsp3) is 0.909. The van der Waals surface area contributed by atoms with E-state index < -0.39 is 13.3 Å². The molecule has 4 nitrogen and oxygen atoms in total. The predicted molar refractivity (Wildman–Crippen MR) is 64.9 cm³/mol. The highest BCUT2D eigenvalue weighted by Gasteiger charge is 2.34. The number of aldehydes is 1. The fourth-order valence-corrected chi connectivity index (χ4v) is 3.32. The van der Waals surface area contributed by atoms with Crippen LogP contribution >= 0.6 is 7.60 Å². The molecule has 1 atom stereocenters. The maximum Gasteiger partial charge on any atom is 0.340 e. The van der Waals surface area contributed by atoms with E-state index in [0.29, 0.717) is 25.9 Å². The van der Waals surface area contributed by atoms with Gasteiger partial charge in [-0.05, 0) is 20.3 Å². The topological polar surface area (TPSA) is 52.6 Å². The molecule has 0 aliphatic carbocycles. The SMILES string of the molecule is CCCCCC(C=O)P(=O)(OCC)OCC. The van der Waals surface area contributed by atoms with E-state index in [1.807, 2.05) is 0 Å². The molecule has 0 aromatic carbocycles. The molecule has 0 fully saturated rings. The smallest absolute Gasteiger partial charge is 0.308 e. The second kappa shape index (κ2) is 8.91. The lowest BCUT2D eigenvalue weighted by Crippen LogP contribution is -2.15. The summed E-state index contributed by atoms with van der Waals surface area (Å²) in [6, 6.07) is 0. The van der Waals surface area contributed by atoms with E-state index in [1.54, 1.807) is 13.8 Å². The van der Waals surface area contributed by atoms with Crippen molar-refractivity contribution in [2.24, 2.45) is 0 Å². The van der Waals surface area contributed by atoms with Gasteiger partial charge in [0.2, 0.25) is 0 Å². The molecule has 0 aromatic rings. The van der Waals surface area contributed by atoms with Gasteiger partial charge in [0.05, 0.1) is 13.2 Å². The second-order valence-electron chi connectivity index (χ2n) is 3.57. The zero-order valence-corrected chi connectivity index (χ0v) is 11.4. The van der Waals surface area contributed by atoms with Crippen LogP contribution in [0.4, 0.5) is 0 Å². The van der Waals surface area contributed by atoms with Crippen LogP contribution in [0.15, 0.2) is 0 Å². The minimum absolute atomic E-state index is 0.301. The van der Waals surface area contributed by atoms with Crippen LogP contribution in [0, 0.1) is 0 Å². The van der Waals surface area contributed by atoms with Gasteiger partial charge in [0.15, 0.2) is 0 Å². The first-order chi connectivity index (χ1) is 7.64. The lowest BCUT2D eigenvalue weighted by molar-refractivity contribution is -0.108. The van der Waals surface area contributed by atoms with E-state index in [-0.39, 0.29) is 0 Å². The number of hydrogen-bond donors (Lipinski definition) is 0. The van der Waals surface area contributed by atoms with Gasteiger partial charge >= 0.3 is 7.60 Å². The van der Waals surface area contributed by atoms with Gasteiger partial charge in [-0.15, -0.1) is 0 Å². The van der Waals surface area contributed by atoms with Gasteiger partial charge < -0.3 is 13.8 Å². The molecule has 16 heavy (non-hydrogen) atoms. The van der Waals surface area contributed by atoms with Crippen molar-refractivity contribution >= 4 is 13.9 Å². The van der Waals surface area contributed by atoms with E-state index in [9.17, 15) is 9.36 Å². The van der Waals surface area contributed by atoms with Gasteiger partial charge in [-0.1, -0.05) is 26.2 Å². The van der Waals surface area contributed by atoms with Crippen LogP contribution in [0.2, 0.25) is 0 Å². The molecular weight excluding hydrogens is 227 g/mol. The van der Waals surface area contributed by atoms with Crippen LogP contribution in [0.25, 0.3) is 0 Å². The van der Waals surface area contributed by atoms with Crippen molar-refractivity contribution in [3.8, 4) is 0 Å². The highest BCUT2D eigenvalue weighted by molar-refractivity contribution is 7.55. The summed E-state index contributed by atoms with van der Waals surface area (Å²) in [5.41, 5.74) is -0.612. The van der Waals surface area contributed by atoms with Crippen molar-refractivity contribution in [1.82, 2.24) is 0 Å². The molecular formula is C11H23O4P. The molecule has 0 aliphatic rings. The van der Waals surface area contributed by atoms with Crippen LogP contribution in [-0.4, -0.2) is 25.2 Å². The minimum atomic E-state index is -3.24. The summed E-state index contributed by atoms with van der Waals surface area (Å²) < 4.78 is 22.6. The number of unbranched alkanes of at least 4 members (excludes halogenated alkanes) is 2. The number of carbonyl (C=O) groups is 1. The lowest BCUT2D eigenvalue weighted by Gasteiger charge is -2.22. The van der Waals surface area contributed by atoms with Crippen molar-refractivity contribution in [2.45, 2.75) is 52.1 Å². The molecule has 96 valence electrons. The van der Waals surface area contributed by atoms with Crippen molar-refractivity contribution < 1.29 is 18.4 Å². The molecule has 0 aliphatic heterocycles. The van der Waals surface area contributed by atoms with Crippen molar-refractivity contribution in [2.75, 3.05) is 13.2 Å². The van der Waals surface area contributed by atoms with Gasteiger partial charge in [0, 0.05) is 0 Å². The zero-order valence-electron chi connectivity index (χ0n) is 10.5. The molecule has 0 radical (unpaired) electrons. The Morgan fingerprint density at radius 1 is 1.12 bits per heavy atom. The summed E-state index contributed by atoms with van der Waals surface area (Å²) >= 11 is 0. The van der Waals surface area contributed by atoms with Crippen LogP contribution in [0.1, 0.15) is 46.5 Å². The molecule has 0 aromatic heterocycles. The first-order valence-corrected chi connectivity index (χ1v) is 7.59. The largest absolute Gasteiger partial charge is 0.340 e. The maximum absolute atomic E-state index is 12.3. The van der Waals surface area contributed by atoms with Gasteiger partial charge in [-0.25, -0.2) is 0 Å². The highest BCUT2D eigenvalue weighted by Crippen LogP contribution is 2.53. The third-order valence-corrected chi connectivity index (χ3v) is 4.71. The summed E-state index contributed by atoms with van der Waals surface area (Å²) in [4.78, 5) is 11.0. The molecule has 0 heterocycles. The van der Waals surface area contributed by atoms with Crippen LogP contribution < -0.4 is 0 Å². The summed E-state index contributed by atoms with van der Waals surface area (Å²) in [7, 11) is -3.24. The Hall–Kier alpha value is -0.180. The molecule has 0 spiro atoms. The van der Waals surface area contributed by atoms with Gasteiger partial charge in [-0.2, -0.15) is 0 Å². The molecule has 5 heteroatoms. The zero-order chi connectivity index (χ0) is 12.4. The lowest BCUT2D eigenvalue weighted by atomic mass is 10.2. The Bertz CT molecular complexity index is 220. The molecule has 0 rings (SSSR count).